The molecule has 0 radical (unpaired) electrons. The molecule has 2 fully saturated rings. The zero-order valence-electron chi connectivity index (χ0n) is 34.4. The van der Waals surface area contributed by atoms with Crippen LogP contribution < -0.4 is 9.47 Å². The van der Waals surface area contributed by atoms with Crippen LogP contribution in [-0.4, -0.2) is 113 Å². The van der Waals surface area contributed by atoms with E-state index in [2.05, 4.69) is 18.9 Å². The van der Waals surface area contributed by atoms with Gasteiger partial charge in [0, 0.05) is 10.0 Å². The summed E-state index contributed by atoms with van der Waals surface area (Å²) < 4.78 is 158. The second kappa shape index (κ2) is 21.8. The van der Waals surface area contributed by atoms with E-state index in [9.17, 15) is 74.2 Å². The normalized spacial score (nSPS) is 24.7. The van der Waals surface area contributed by atoms with E-state index in [-0.39, 0.29) is 46.4 Å². The van der Waals surface area contributed by atoms with Gasteiger partial charge in [-0.3, -0.25) is 0 Å². The molecule has 12 nitrogen and oxygen atoms in total. The summed E-state index contributed by atoms with van der Waals surface area (Å²) >= 11 is 12.4. The Morgan fingerprint density at radius 1 is 0.627 bits per heavy atom. The molecule has 67 heavy (non-hydrogen) atoms. The lowest BCUT2D eigenvalue weighted by Crippen LogP contribution is -2.60. The second-order valence-corrected chi connectivity index (χ2v) is 15.7. The van der Waals surface area contributed by atoms with E-state index in [1.165, 1.54) is 67.6 Å². The first-order valence-corrected chi connectivity index (χ1v) is 20.4. The fraction of sp³-hybridized carbons (Fsp3) is 0.419. The maximum atomic E-state index is 14.5. The first-order chi connectivity index (χ1) is 31.2. The number of benzene rings is 4. The van der Waals surface area contributed by atoms with Gasteiger partial charge >= 0.3 is 30.7 Å². The summed E-state index contributed by atoms with van der Waals surface area (Å²) in [6.07, 6.45) is -26.4. The van der Waals surface area contributed by atoms with Gasteiger partial charge in [-0.1, -0.05) is 71.7 Å². The number of rotatable bonds is 12. The zero-order chi connectivity index (χ0) is 49.6. The summed E-state index contributed by atoms with van der Waals surface area (Å²) in [5.41, 5.74) is 2.48. The molecular formula is C43H40Cl2F10O12. The van der Waals surface area contributed by atoms with Gasteiger partial charge in [-0.15, -0.1) is 26.3 Å². The Morgan fingerprint density at radius 2 is 1.01 bits per heavy atom. The topological polar surface area (TPSA) is 174 Å². The van der Waals surface area contributed by atoms with Gasteiger partial charge in [0.25, 0.3) is 0 Å². The zero-order valence-corrected chi connectivity index (χ0v) is 35.9. The van der Waals surface area contributed by atoms with E-state index in [1.807, 2.05) is 0 Å². The quantitative estimate of drug-likeness (QED) is 0.0679. The van der Waals surface area contributed by atoms with Crippen LogP contribution in [0.4, 0.5) is 48.7 Å². The van der Waals surface area contributed by atoms with E-state index < -0.39 is 98.5 Å². The molecule has 2 aliphatic heterocycles. The van der Waals surface area contributed by atoms with E-state index in [4.69, 9.17) is 32.7 Å². The molecule has 8 atom stereocenters. The molecule has 2 heterocycles. The molecule has 0 aliphatic carbocycles. The Kier molecular flexibility index (Phi) is 17.3. The van der Waals surface area contributed by atoms with E-state index >= 15 is 0 Å². The predicted octanol–water partition coefficient (Wildman–Crippen LogP) is 8.42. The van der Waals surface area contributed by atoms with Crippen LogP contribution in [0.1, 0.15) is 52.5 Å². The summed E-state index contributed by atoms with van der Waals surface area (Å²) in [4.78, 5) is 11.4. The molecule has 5 N–H and O–H groups in total. The van der Waals surface area contributed by atoms with Crippen LogP contribution in [0.5, 0.6) is 11.5 Å². The Morgan fingerprint density at radius 3 is 1.39 bits per heavy atom. The number of aliphatic hydroxyl groups is 5. The molecule has 4 aromatic carbocycles. The molecule has 0 amide bonds. The number of aliphatic hydroxyl groups excluding tert-OH is 5. The van der Waals surface area contributed by atoms with Crippen molar-refractivity contribution in [1.82, 2.24) is 0 Å². The summed E-state index contributed by atoms with van der Waals surface area (Å²) in [6, 6.07) is 18.7. The molecule has 8 unspecified atom stereocenters. The molecule has 4 aromatic rings. The van der Waals surface area contributed by atoms with Crippen molar-refractivity contribution in [2.45, 2.75) is 93.2 Å². The average Bonchev–Trinajstić information content (AvgIpc) is 3.24. The molecule has 24 heteroatoms. The number of hydrogen-bond acceptors (Lipinski definition) is 12. The van der Waals surface area contributed by atoms with Crippen LogP contribution in [-0.2, 0) is 31.8 Å². The van der Waals surface area contributed by atoms with Crippen molar-refractivity contribution in [2.24, 2.45) is 0 Å². The third kappa shape index (κ3) is 13.8. The van der Waals surface area contributed by atoms with Gasteiger partial charge in [-0.2, -0.15) is 0 Å². The van der Waals surface area contributed by atoms with Gasteiger partial charge in [-0.25, -0.2) is 22.4 Å². The first-order valence-electron chi connectivity index (χ1n) is 19.7. The molecule has 2 saturated heterocycles. The summed E-state index contributed by atoms with van der Waals surface area (Å²) in [7, 11) is 0. The molecule has 0 bridgehead atoms. The average molecular weight is 1010 g/mol. The standard InChI is InChI=1S/C23H22ClF5O7.C20H18ClF5O5/c1-2-33-21(32)34-11-17-22(25,26)20(31)18(30)19(35-17)13-5-8-16(24)14(10-13)9-12-3-6-15(7-4-12)36-23(27,28)29;21-14-6-3-11(17-16(28)18(29)19(22,23)15(9-27)30-17)8-12(14)7-10-1-4-13(5-2-10)31-20(24,25)26/h3-8,10,17-20,30-31H,2,9,11H2,1H3;1-6,8,15-18,27-29H,7,9H2. The largest absolute Gasteiger partial charge is 0.573 e. The van der Waals surface area contributed by atoms with Crippen LogP contribution in [0.2, 0.25) is 10.0 Å². The second-order valence-electron chi connectivity index (χ2n) is 14.9. The SMILES string of the molecule is CCOC(=O)OCC1OC(c2ccc(Cl)c(Cc3ccc(OC(F)(F)F)cc3)c2)C(O)C(O)C1(F)F.OCC1OC(c2ccc(Cl)c(Cc3ccc(OC(F)(F)F)cc3)c2)C(O)C(O)C1(F)F. The number of carbonyl (C=O) groups is 1. The van der Waals surface area contributed by atoms with Gasteiger partial charge in [0.05, 0.1) is 13.2 Å². The van der Waals surface area contributed by atoms with Gasteiger partial charge in [-0.05, 0) is 89.5 Å². The monoisotopic (exact) mass is 1010 g/mol. The van der Waals surface area contributed by atoms with Crippen molar-refractivity contribution in [2.75, 3.05) is 19.8 Å². The van der Waals surface area contributed by atoms with Crippen molar-refractivity contribution in [1.29, 1.82) is 0 Å². The number of alkyl halides is 10. The highest BCUT2D eigenvalue weighted by molar-refractivity contribution is 6.31. The maximum absolute atomic E-state index is 14.5. The van der Waals surface area contributed by atoms with Crippen LogP contribution in [0, 0.1) is 0 Å². The molecular weight excluding hydrogens is 969 g/mol. The summed E-state index contributed by atoms with van der Waals surface area (Å²) in [5.74, 6) is -8.59. The van der Waals surface area contributed by atoms with Crippen molar-refractivity contribution in [3.05, 3.63) is 128 Å². The number of ether oxygens (including phenoxy) is 6. The van der Waals surface area contributed by atoms with Crippen molar-refractivity contribution in [3.8, 4) is 11.5 Å². The van der Waals surface area contributed by atoms with Gasteiger partial charge in [0.2, 0.25) is 0 Å². The highest BCUT2D eigenvalue weighted by Gasteiger charge is 2.59. The lowest BCUT2D eigenvalue weighted by molar-refractivity contribution is -0.296. The highest BCUT2D eigenvalue weighted by Crippen LogP contribution is 2.43. The van der Waals surface area contributed by atoms with Gasteiger partial charge in [0.15, 0.2) is 6.10 Å². The lowest BCUT2D eigenvalue weighted by Gasteiger charge is -2.42. The molecule has 0 aromatic heterocycles. The number of hydrogen-bond donors (Lipinski definition) is 5. The van der Waals surface area contributed by atoms with E-state index in [1.54, 1.807) is 0 Å². The fourth-order valence-corrected chi connectivity index (χ4v) is 7.27. The third-order valence-corrected chi connectivity index (χ3v) is 11.0. The minimum Gasteiger partial charge on any atom is -0.435 e. The van der Waals surface area contributed by atoms with Crippen LogP contribution >= 0.6 is 23.2 Å². The fourth-order valence-electron chi connectivity index (χ4n) is 6.91. The predicted molar refractivity (Wildman–Crippen MR) is 214 cm³/mol. The molecule has 368 valence electrons. The van der Waals surface area contributed by atoms with Crippen molar-refractivity contribution < 1.29 is 103 Å². The lowest BCUT2D eigenvalue weighted by atomic mass is 9.89. The van der Waals surface area contributed by atoms with E-state index in [0.717, 1.165) is 24.3 Å². The molecule has 6 rings (SSSR count). The molecule has 2 aliphatic rings. The highest BCUT2D eigenvalue weighted by atomic mass is 35.5. The Bertz CT molecular complexity index is 2270. The van der Waals surface area contributed by atoms with Crippen molar-refractivity contribution >= 4 is 29.4 Å². The molecule has 0 spiro atoms. The van der Waals surface area contributed by atoms with Crippen molar-refractivity contribution in [3.63, 3.8) is 0 Å². The van der Waals surface area contributed by atoms with Crippen LogP contribution in [0.25, 0.3) is 0 Å². The third-order valence-electron chi connectivity index (χ3n) is 10.2. The summed E-state index contributed by atoms with van der Waals surface area (Å²) in [5, 5.41) is 50.1. The van der Waals surface area contributed by atoms with Crippen LogP contribution in [0.3, 0.4) is 0 Å². The smallest absolute Gasteiger partial charge is 0.435 e. The van der Waals surface area contributed by atoms with Crippen LogP contribution in [0.15, 0.2) is 84.9 Å². The molecule has 0 saturated carbocycles. The number of halogens is 12. The number of carbonyl (C=O) groups excluding carboxylic acids is 1. The Balaban J connectivity index is 0.000000254. The van der Waals surface area contributed by atoms with Gasteiger partial charge < -0.3 is 54.0 Å². The van der Waals surface area contributed by atoms with Gasteiger partial charge in [0.1, 0.15) is 60.8 Å². The summed E-state index contributed by atoms with van der Waals surface area (Å²) in [6.45, 7) is -0.568. The minimum atomic E-state index is -4.83. The first kappa shape index (κ1) is 53.3. The minimum absolute atomic E-state index is 0.0453. The van der Waals surface area contributed by atoms with E-state index in [0.29, 0.717) is 22.3 Å². The Hall–Kier alpha value is -4.65. The maximum Gasteiger partial charge on any atom is 0.573 e. The Labute approximate surface area is 384 Å².